The lowest BCUT2D eigenvalue weighted by molar-refractivity contribution is -0.142. The number of rotatable bonds is 3. The lowest BCUT2D eigenvalue weighted by atomic mass is 10.3. The molecule has 1 atom stereocenters. The average molecular weight is 243 g/mol. The minimum Gasteiger partial charge on any atom is -0.467 e. The molecule has 0 saturated heterocycles. The minimum absolute atomic E-state index is 0.156. The molecule has 0 spiro atoms. The van der Waals surface area contributed by atoms with Crippen LogP contribution in [0.2, 0.25) is 5.02 Å². The number of hydrogen-bond acceptors (Lipinski definition) is 4. The number of nitrogens with zero attached hydrogens (tertiary/aromatic N) is 1. The standard InChI is InChI=1S/C10H11ClN2O3/c1-6(10(15)16-2)13-9(14)8-5-7(11)3-4-12-8/h3-6H,1-2H3,(H,13,14)/t6-/m0/s1. The molecule has 0 bridgehead atoms. The van der Waals surface area contributed by atoms with Gasteiger partial charge in [0.2, 0.25) is 0 Å². The van der Waals surface area contributed by atoms with Gasteiger partial charge in [0.25, 0.3) is 5.91 Å². The first kappa shape index (κ1) is 12.4. The molecular weight excluding hydrogens is 232 g/mol. The molecule has 0 unspecified atom stereocenters. The molecule has 1 aromatic rings. The number of halogens is 1. The van der Waals surface area contributed by atoms with Crippen LogP contribution in [0.1, 0.15) is 17.4 Å². The fourth-order valence-corrected chi connectivity index (χ4v) is 1.19. The van der Waals surface area contributed by atoms with Crippen molar-refractivity contribution in [2.75, 3.05) is 7.11 Å². The summed E-state index contributed by atoms with van der Waals surface area (Å²) < 4.78 is 4.47. The summed E-state index contributed by atoms with van der Waals surface area (Å²) in [5, 5.41) is 2.85. The highest BCUT2D eigenvalue weighted by Crippen LogP contribution is 2.07. The van der Waals surface area contributed by atoms with E-state index in [1.54, 1.807) is 6.07 Å². The molecular formula is C10H11ClN2O3. The largest absolute Gasteiger partial charge is 0.467 e. The van der Waals surface area contributed by atoms with E-state index in [-0.39, 0.29) is 5.69 Å². The van der Waals surface area contributed by atoms with Gasteiger partial charge in [-0.2, -0.15) is 0 Å². The second kappa shape index (κ2) is 5.46. The Balaban J connectivity index is 2.69. The van der Waals surface area contributed by atoms with E-state index >= 15 is 0 Å². The normalized spacial score (nSPS) is 11.7. The number of aromatic nitrogens is 1. The number of esters is 1. The molecule has 1 N–H and O–H groups in total. The molecule has 0 aliphatic heterocycles. The second-order valence-corrected chi connectivity index (χ2v) is 3.51. The highest BCUT2D eigenvalue weighted by atomic mass is 35.5. The van der Waals surface area contributed by atoms with Gasteiger partial charge >= 0.3 is 5.97 Å². The number of nitrogens with one attached hydrogen (secondary N) is 1. The van der Waals surface area contributed by atoms with Gasteiger partial charge < -0.3 is 10.1 Å². The maximum Gasteiger partial charge on any atom is 0.328 e. The number of amides is 1. The van der Waals surface area contributed by atoms with E-state index in [1.807, 2.05) is 0 Å². The number of carbonyl (C=O) groups is 2. The summed E-state index contributed by atoms with van der Waals surface area (Å²) in [6.45, 7) is 1.52. The maximum atomic E-state index is 11.6. The quantitative estimate of drug-likeness (QED) is 0.804. The fraction of sp³-hybridized carbons (Fsp3) is 0.300. The van der Waals surface area contributed by atoms with Crippen molar-refractivity contribution in [1.29, 1.82) is 0 Å². The Morgan fingerprint density at radius 3 is 2.81 bits per heavy atom. The van der Waals surface area contributed by atoms with Crippen molar-refractivity contribution < 1.29 is 14.3 Å². The van der Waals surface area contributed by atoms with Gasteiger partial charge in [-0.15, -0.1) is 0 Å². The third-order valence-electron chi connectivity index (χ3n) is 1.86. The Labute approximate surface area is 97.8 Å². The smallest absolute Gasteiger partial charge is 0.328 e. The summed E-state index contributed by atoms with van der Waals surface area (Å²) in [5.74, 6) is -0.990. The van der Waals surface area contributed by atoms with Crippen molar-refractivity contribution in [3.05, 3.63) is 29.0 Å². The molecule has 0 aliphatic rings. The SMILES string of the molecule is COC(=O)[C@H](C)NC(=O)c1cc(Cl)ccn1. The van der Waals surface area contributed by atoms with Gasteiger partial charge in [-0.25, -0.2) is 4.79 Å². The molecule has 0 radical (unpaired) electrons. The molecule has 86 valence electrons. The Bertz CT molecular complexity index is 409. The molecule has 1 aromatic heterocycles. The molecule has 5 nitrogen and oxygen atoms in total. The van der Waals surface area contributed by atoms with Crippen LogP contribution < -0.4 is 5.32 Å². The number of carbonyl (C=O) groups excluding carboxylic acids is 2. The Hall–Kier alpha value is -1.62. The fourth-order valence-electron chi connectivity index (χ4n) is 1.04. The Morgan fingerprint density at radius 2 is 2.25 bits per heavy atom. The lowest BCUT2D eigenvalue weighted by Gasteiger charge is -2.10. The van der Waals surface area contributed by atoms with Crippen LogP contribution in [0.4, 0.5) is 0 Å². The van der Waals surface area contributed by atoms with Crippen molar-refractivity contribution in [3.8, 4) is 0 Å². The molecule has 0 aromatic carbocycles. The third-order valence-corrected chi connectivity index (χ3v) is 2.09. The predicted octanol–water partition coefficient (Wildman–Crippen LogP) is 1.03. The van der Waals surface area contributed by atoms with E-state index in [0.29, 0.717) is 5.02 Å². The molecule has 1 amide bonds. The van der Waals surface area contributed by atoms with Gasteiger partial charge in [0, 0.05) is 11.2 Å². The van der Waals surface area contributed by atoms with Gasteiger partial charge in [-0.05, 0) is 19.1 Å². The van der Waals surface area contributed by atoms with Gasteiger partial charge in [0.15, 0.2) is 0 Å². The third kappa shape index (κ3) is 3.20. The van der Waals surface area contributed by atoms with Crippen LogP contribution >= 0.6 is 11.6 Å². The van der Waals surface area contributed by atoms with Crippen LogP contribution in [0, 0.1) is 0 Å². The maximum absolute atomic E-state index is 11.6. The summed E-state index contributed by atoms with van der Waals surface area (Å²) in [4.78, 5) is 26.5. The number of methoxy groups -OCH3 is 1. The highest BCUT2D eigenvalue weighted by Gasteiger charge is 2.17. The molecule has 0 aliphatic carbocycles. The monoisotopic (exact) mass is 242 g/mol. The molecule has 1 heterocycles. The summed E-state index contributed by atoms with van der Waals surface area (Å²) >= 11 is 5.70. The Morgan fingerprint density at radius 1 is 1.56 bits per heavy atom. The van der Waals surface area contributed by atoms with Crippen LogP contribution in [0.5, 0.6) is 0 Å². The highest BCUT2D eigenvalue weighted by molar-refractivity contribution is 6.30. The average Bonchev–Trinajstić information content (AvgIpc) is 2.27. The zero-order valence-corrected chi connectivity index (χ0v) is 9.62. The van der Waals surface area contributed by atoms with E-state index < -0.39 is 17.9 Å². The van der Waals surface area contributed by atoms with Crippen molar-refractivity contribution in [1.82, 2.24) is 10.3 Å². The number of hydrogen-bond donors (Lipinski definition) is 1. The van der Waals surface area contributed by atoms with Crippen LogP contribution in [-0.4, -0.2) is 30.0 Å². The summed E-state index contributed by atoms with van der Waals surface area (Å²) in [6, 6.07) is 2.25. The molecule has 6 heteroatoms. The first-order valence-electron chi connectivity index (χ1n) is 4.55. The summed E-state index contributed by atoms with van der Waals surface area (Å²) in [7, 11) is 1.25. The zero-order valence-electron chi connectivity index (χ0n) is 8.86. The van der Waals surface area contributed by atoms with Crippen LogP contribution in [0.3, 0.4) is 0 Å². The van der Waals surface area contributed by atoms with Gasteiger partial charge in [-0.3, -0.25) is 9.78 Å². The van der Waals surface area contributed by atoms with Crippen molar-refractivity contribution in [2.24, 2.45) is 0 Å². The first-order chi connectivity index (χ1) is 7.54. The van der Waals surface area contributed by atoms with Crippen molar-refractivity contribution in [3.63, 3.8) is 0 Å². The molecule has 0 saturated carbocycles. The molecule has 16 heavy (non-hydrogen) atoms. The molecule has 1 rings (SSSR count). The van der Waals surface area contributed by atoms with E-state index in [0.717, 1.165) is 0 Å². The van der Waals surface area contributed by atoms with Crippen molar-refractivity contribution in [2.45, 2.75) is 13.0 Å². The molecule has 0 fully saturated rings. The van der Waals surface area contributed by atoms with E-state index in [2.05, 4.69) is 15.0 Å². The van der Waals surface area contributed by atoms with E-state index in [1.165, 1.54) is 26.3 Å². The van der Waals surface area contributed by atoms with Gasteiger partial charge in [-0.1, -0.05) is 11.6 Å². The van der Waals surface area contributed by atoms with Crippen molar-refractivity contribution >= 4 is 23.5 Å². The summed E-state index contributed by atoms with van der Waals surface area (Å²) in [6.07, 6.45) is 1.42. The van der Waals surface area contributed by atoms with E-state index in [4.69, 9.17) is 11.6 Å². The van der Waals surface area contributed by atoms with Crippen LogP contribution in [0.25, 0.3) is 0 Å². The van der Waals surface area contributed by atoms with Crippen LogP contribution in [0.15, 0.2) is 18.3 Å². The second-order valence-electron chi connectivity index (χ2n) is 3.08. The minimum atomic E-state index is -0.724. The van der Waals surface area contributed by atoms with Gasteiger partial charge in [0.1, 0.15) is 11.7 Å². The Kier molecular flexibility index (Phi) is 4.25. The predicted molar refractivity (Wildman–Crippen MR) is 58.2 cm³/mol. The number of pyridine rings is 1. The first-order valence-corrected chi connectivity index (χ1v) is 4.92. The number of ether oxygens (including phenoxy) is 1. The lowest BCUT2D eigenvalue weighted by Crippen LogP contribution is -2.39. The van der Waals surface area contributed by atoms with E-state index in [9.17, 15) is 9.59 Å². The van der Waals surface area contributed by atoms with Gasteiger partial charge in [0.05, 0.1) is 7.11 Å². The van der Waals surface area contributed by atoms with Crippen LogP contribution in [-0.2, 0) is 9.53 Å². The zero-order chi connectivity index (χ0) is 12.1. The summed E-state index contributed by atoms with van der Waals surface area (Å²) in [5.41, 5.74) is 0.156. The topological polar surface area (TPSA) is 68.3 Å².